The van der Waals surface area contributed by atoms with Gasteiger partial charge in [0.1, 0.15) is 17.8 Å². The highest BCUT2D eigenvalue weighted by Crippen LogP contribution is 2.35. The van der Waals surface area contributed by atoms with Gasteiger partial charge in [0.2, 0.25) is 17.7 Å². The van der Waals surface area contributed by atoms with E-state index in [1.165, 1.54) is 46.3 Å². The lowest BCUT2D eigenvalue weighted by molar-refractivity contribution is -0.278. The number of fused-ring (bicyclic) bond motifs is 1. The summed E-state index contributed by atoms with van der Waals surface area (Å²) in [6, 6.07) is 10.2. The van der Waals surface area contributed by atoms with Crippen molar-refractivity contribution in [2.24, 2.45) is 5.92 Å². The molecule has 8 nitrogen and oxygen atoms in total. The highest BCUT2D eigenvalue weighted by atomic mass is 19.4. The molecule has 2 N–H and O–H groups in total. The van der Waals surface area contributed by atoms with E-state index in [2.05, 4.69) is 5.32 Å². The lowest BCUT2D eigenvalue weighted by Gasteiger charge is -2.26. The van der Waals surface area contributed by atoms with E-state index in [1.54, 1.807) is 24.3 Å². The Bertz CT molecular complexity index is 1250. The van der Waals surface area contributed by atoms with Crippen molar-refractivity contribution < 1.29 is 45.5 Å². The summed E-state index contributed by atoms with van der Waals surface area (Å²) in [6.07, 6.45) is -5.91. The normalized spacial score (nSPS) is 16.7. The number of nitrogens with one attached hydrogen (secondary N) is 2. The van der Waals surface area contributed by atoms with E-state index >= 15 is 0 Å². The number of carbonyl (C=O) groups is 4. The van der Waals surface area contributed by atoms with Crippen LogP contribution in [-0.4, -0.2) is 54.9 Å². The molecule has 0 saturated heterocycles. The molecule has 0 spiro atoms. The SMILES string of the molecule is CC(=O)N1C[C@H](NC(=O)C(C)C(=O)NCC(F)(F)C(F)(F)F)C(=O)N(Cc2ccc(F)cc2)c2ccccc21. The summed E-state index contributed by atoms with van der Waals surface area (Å²) in [4.78, 5) is 53.5. The van der Waals surface area contributed by atoms with Crippen molar-refractivity contribution in [3.8, 4) is 0 Å². The van der Waals surface area contributed by atoms with Crippen molar-refractivity contribution in [1.29, 1.82) is 0 Å². The quantitative estimate of drug-likeness (QED) is 0.403. The van der Waals surface area contributed by atoms with Crippen LogP contribution in [0.15, 0.2) is 48.5 Å². The average Bonchev–Trinajstić information content (AvgIpc) is 2.98. The van der Waals surface area contributed by atoms with Crippen LogP contribution in [0.25, 0.3) is 0 Å². The number of nitrogens with zero attached hydrogens (tertiary/aromatic N) is 2. The Balaban J connectivity index is 1.85. The van der Waals surface area contributed by atoms with Gasteiger partial charge < -0.3 is 20.4 Å². The van der Waals surface area contributed by atoms with E-state index in [0.717, 1.165) is 6.92 Å². The largest absolute Gasteiger partial charge is 0.455 e. The van der Waals surface area contributed by atoms with Crippen molar-refractivity contribution in [2.45, 2.75) is 38.5 Å². The molecular formula is C25H24F6N4O4. The van der Waals surface area contributed by atoms with E-state index in [4.69, 9.17) is 0 Å². The molecule has 1 aliphatic heterocycles. The molecule has 210 valence electrons. The molecule has 0 saturated carbocycles. The smallest absolute Gasteiger partial charge is 0.349 e. The summed E-state index contributed by atoms with van der Waals surface area (Å²) in [6.45, 7) is -0.333. The average molecular weight is 558 g/mol. The van der Waals surface area contributed by atoms with E-state index in [9.17, 15) is 45.5 Å². The van der Waals surface area contributed by atoms with Gasteiger partial charge in [0.15, 0.2) is 0 Å². The third-order valence-electron chi connectivity index (χ3n) is 6.03. The summed E-state index contributed by atoms with van der Waals surface area (Å²) in [5.74, 6) is -11.2. The zero-order valence-corrected chi connectivity index (χ0v) is 20.7. The first-order valence-corrected chi connectivity index (χ1v) is 11.6. The van der Waals surface area contributed by atoms with Crippen LogP contribution in [0.3, 0.4) is 0 Å². The highest BCUT2D eigenvalue weighted by Gasteiger charge is 2.57. The molecule has 1 unspecified atom stereocenters. The Morgan fingerprint density at radius 2 is 1.56 bits per heavy atom. The number of alkyl halides is 5. The third-order valence-corrected chi connectivity index (χ3v) is 6.03. The minimum Gasteiger partial charge on any atom is -0.349 e. The second-order valence-corrected chi connectivity index (χ2v) is 8.87. The van der Waals surface area contributed by atoms with Crippen LogP contribution in [0, 0.1) is 11.7 Å². The second-order valence-electron chi connectivity index (χ2n) is 8.87. The molecule has 2 aromatic carbocycles. The maximum absolute atomic E-state index is 13.6. The van der Waals surface area contributed by atoms with Gasteiger partial charge in [-0.15, -0.1) is 0 Å². The standard InChI is InChI=1S/C25H24F6N4O4/c1-14(21(37)32-13-24(27,28)25(29,30)31)22(38)33-18-12-34(15(2)36)19-5-3-4-6-20(19)35(23(18)39)11-16-7-9-17(26)10-8-16/h3-10,14,18H,11-13H2,1-2H3,(H,32,37)(H,33,38)/t14?,18-/m0/s1. The van der Waals surface area contributed by atoms with Gasteiger partial charge in [0.25, 0.3) is 5.91 Å². The Kier molecular flexibility index (Phi) is 8.56. The van der Waals surface area contributed by atoms with E-state index < -0.39 is 60.0 Å². The van der Waals surface area contributed by atoms with E-state index in [0.29, 0.717) is 16.9 Å². The van der Waals surface area contributed by atoms with Crippen molar-refractivity contribution in [3.63, 3.8) is 0 Å². The first-order chi connectivity index (χ1) is 18.1. The molecule has 4 amide bonds. The Labute approximate surface area is 218 Å². The van der Waals surface area contributed by atoms with Gasteiger partial charge in [-0.05, 0) is 36.8 Å². The summed E-state index contributed by atoms with van der Waals surface area (Å²) in [7, 11) is 0. The number of hydrogen-bond donors (Lipinski definition) is 2. The molecule has 1 heterocycles. The summed E-state index contributed by atoms with van der Waals surface area (Å²) in [5, 5.41) is 3.70. The Hall–Kier alpha value is -4.10. The van der Waals surface area contributed by atoms with Gasteiger partial charge in [0.05, 0.1) is 31.0 Å². The van der Waals surface area contributed by atoms with E-state index in [-0.39, 0.29) is 13.1 Å². The fourth-order valence-corrected chi connectivity index (χ4v) is 3.79. The molecule has 39 heavy (non-hydrogen) atoms. The Morgan fingerprint density at radius 1 is 0.974 bits per heavy atom. The second kappa shape index (κ2) is 11.3. The zero-order valence-electron chi connectivity index (χ0n) is 20.7. The van der Waals surface area contributed by atoms with Crippen LogP contribution < -0.4 is 20.4 Å². The molecule has 0 aliphatic carbocycles. The van der Waals surface area contributed by atoms with Crippen LogP contribution in [0.5, 0.6) is 0 Å². The molecule has 14 heteroatoms. The Morgan fingerprint density at radius 3 is 2.13 bits per heavy atom. The molecule has 1 aliphatic rings. The minimum absolute atomic E-state index is 0.0865. The first kappa shape index (κ1) is 29.5. The summed E-state index contributed by atoms with van der Waals surface area (Å²) >= 11 is 0. The molecule has 0 bridgehead atoms. The minimum atomic E-state index is -5.91. The van der Waals surface area contributed by atoms with Gasteiger partial charge in [-0.3, -0.25) is 19.2 Å². The van der Waals surface area contributed by atoms with Crippen LogP contribution in [0.4, 0.5) is 37.7 Å². The van der Waals surface area contributed by atoms with Crippen LogP contribution >= 0.6 is 0 Å². The van der Waals surface area contributed by atoms with Crippen molar-refractivity contribution in [1.82, 2.24) is 10.6 Å². The maximum Gasteiger partial charge on any atom is 0.455 e. The molecule has 0 radical (unpaired) electrons. The van der Waals surface area contributed by atoms with Gasteiger partial charge in [0, 0.05) is 6.92 Å². The zero-order chi connectivity index (χ0) is 29.1. The monoisotopic (exact) mass is 558 g/mol. The maximum atomic E-state index is 13.6. The topological polar surface area (TPSA) is 98.8 Å². The number of halogens is 6. The number of anilines is 2. The number of rotatable bonds is 7. The van der Waals surface area contributed by atoms with Crippen LogP contribution in [0.2, 0.25) is 0 Å². The summed E-state index contributed by atoms with van der Waals surface area (Å²) < 4.78 is 76.9. The van der Waals surface area contributed by atoms with Crippen molar-refractivity contribution in [3.05, 3.63) is 59.9 Å². The molecular weight excluding hydrogens is 534 g/mol. The molecule has 3 rings (SSSR count). The fourth-order valence-electron chi connectivity index (χ4n) is 3.79. The predicted octanol–water partition coefficient (Wildman–Crippen LogP) is 3.16. The van der Waals surface area contributed by atoms with Crippen molar-refractivity contribution in [2.75, 3.05) is 22.9 Å². The lowest BCUT2D eigenvalue weighted by atomic mass is 10.1. The summed E-state index contributed by atoms with van der Waals surface area (Å²) in [5.41, 5.74) is 1.15. The molecule has 2 aromatic rings. The number of amides is 4. The van der Waals surface area contributed by atoms with Crippen molar-refractivity contribution >= 4 is 35.0 Å². The predicted molar refractivity (Wildman–Crippen MR) is 127 cm³/mol. The first-order valence-electron chi connectivity index (χ1n) is 11.6. The number of para-hydroxylation sites is 2. The fraction of sp³-hybridized carbons (Fsp3) is 0.360. The number of hydrogen-bond acceptors (Lipinski definition) is 4. The van der Waals surface area contributed by atoms with Crippen LogP contribution in [-0.2, 0) is 25.7 Å². The molecule has 0 aromatic heterocycles. The van der Waals surface area contributed by atoms with E-state index in [1.807, 2.05) is 0 Å². The van der Waals surface area contributed by atoms with Gasteiger partial charge in [-0.1, -0.05) is 24.3 Å². The third kappa shape index (κ3) is 6.67. The van der Waals surface area contributed by atoms with Gasteiger partial charge in [-0.2, -0.15) is 22.0 Å². The van der Waals surface area contributed by atoms with Gasteiger partial charge >= 0.3 is 12.1 Å². The highest BCUT2D eigenvalue weighted by molar-refractivity contribution is 6.08. The number of carbonyl (C=O) groups excluding carboxylic acids is 4. The molecule has 0 fully saturated rings. The van der Waals surface area contributed by atoms with Gasteiger partial charge in [-0.25, -0.2) is 4.39 Å². The van der Waals surface area contributed by atoms with Crippen LogP contribution in [0.1, 0.15) is 19.4 Å². The molecule has 2 atom stereocenters. The number of benzene rings is 2. The lowest BCUT2D eigenvalue weighted by Crippen LogP contribution is -2.55.